The van der Waals surface area contributed by atoms with Crippen molar-refractivity contribution in [1.82, 2.24) is 5.32 Å². The molecule has 2 rings (SSSR count). The molecule has 2 N–H and O–H groups in total. The van der Waals surface area contributed by atoms with Gasteiger partial charge in [-0.25, -0.2) is 13.2 Å². The van der Waals surface area contributed by atoms with Gasteiger partial charge in [-0.3, -0.25) is 9.52 Å². The summed E-state index contributed by atoms with van der Waals surface area (Å²) in [6.07, 6.45) is 2.03. The number of amides is 1. The van der Waals surface area contributed by atoms with Crippen molar-refractivity contribution in [3.63, 3.8) is 0 Å². The standard InChI is InChI=1S/C21H22N2O5S/c1-3-14-22-20(24)16(2)28-21(25)18-9-11-19(12-10-18)23-29(26,27)15-13-17-7-5-4-6-8-17/h3-13,15-16,23H,1,14H2,2H3,(H,22,24)/b15-13+/t16-/m1/s1. The lowest BCUT2D eigenvalue weighted by Crippen LogP contribution is -2.35. The third-order valence-corrected chi connectivity index (χ3v) is 4.71. The van der Waals surface area contributed by atoms with Crippen molar-refractivity contribution < 1.29 is 22.7 Å². The summed E-state index contributed by atoms with van der Waals surface area (Å²) in [6.45, 7) is 5.21. The Morgan fingerprint density at radius 3 is 2.38 bits per heavy atom. The van der Waals surface area contributed by atoms with Gasteiger partial charge in [-0.1, -0.05) is 36.4 Å². The predicted molar refractivity (Wildman–Crippen MR) is 113 cm³/mol. The monoisotopic (exact) mass is 414 g/mol. The quantitative estimate of drug-likeness (QED) is 0.485. The molecular formula is C21H22N2O5S. The van der Waals surface area contributed by atoms with Crippen LogP contribution in [0.15, 0.2) is 72.7 Å². The molecule has 0 heterocycles. The van der Waals surface area contributed by atoms with Gasteiger partial charge < -0.3 is 10.1 Å². The van der Waals surface area contributed by atoms with Crippen molar-refractivity contribution in [2.45, 2.75) is 13.0 Å². The van der Waals surface area contributed by atoms with E-state index in [0.29, 0.717) is 0 Å². The summed E-state index contributed by atoms with van der Waals surface area (Å²) in [5, 5.41) is 3.59. The lowest BCUT2D eigenvalue weighted by molar-refractivity contribution is -0.128. The molecule has 0 saturated carbocycles. The van der Waals surface area contributed by atoms with E-state index >= 15 is 0 Å². The van der Waals surface area contributed by atoms with E-state index in [2.05, 4.69) is 16.6 Å². The number of rotatable bonds is 9. The third-order valence-electron chi connectivity index (χ3n) is 3.69. The number of sulfonamides is 1. The van der Waals surface area contributed by atoms with Gasteiger partial charge >= 0.3 is 5.97 Å². The van der Waals surface area contributed by atoms with Gasteiger partial charge in [0.2, 0.25) is 0 Å². The number of carbonyl (C=O) groups is 2. The van der Waals surface area contributed by atoms with E-state index in [4.69, 9.17) is 4.74 Å². The second kappa shape index (κ2) is 10.2. The average Bonchev–Trinajstić information content (AvgIpc) is 2.71. The topological polar surface area (TPSA) is 102 Å². The fourth-order valence-corrected chi connectivity index (χ4v) is 3.07. The van der Waals surface area contributed by atoms with Crippen LogP contribution in [-0.2, 0) is 19.6 Å². The van der Waals surface area contributed by atoms with Crippen LogP contribution in [0.25, 0.3) is 6.08 Å². The molecule has 0 saturated heterocycles. The molecule has 7 nitrogen and oxygen atoms in total. The molecule has 0 fully saturated rings. The predicted octanol–water partition coefficient (Wildman–Crippen LogP) is 2.95. The molecule has 0 aliphatic heterocycles. The first-order chi connectivity index (χ1) is 13.8. The fraction of sp³-hybridized carbons (Fsp3) is 0.143. The smallest absolute Gasteiger partial charge is 0.338 e. The summed E-state index contributed by atoms with van der Waals surface area (Å²) < 4.78 is 31.8. The second-order valence-corrected chi connectivity index (χ2v) is 7.59. The average molecular weight is 414 g/mol. The summed E-state index contributed by atoms with van der Waals surface area (Å²) in [4.78, 5) is 23.8. The van der Waals surface area contributed by atoms with Crippen LogP contribution in [-0.4, -0.2) is 32.9 Å². The number of carbonyl (C=O) groups excluding carboxylic acids is 2. The van der Waals surface area contributed by atoms with Crippen LogP contribution < -0.4 is 10.0 Å². The largest absolute Gasteiger partial charge is 0.449 e. The molecule has 0 unspecified atom stereocenters. The Bertz CT molecular complexity index is 983. The molecule has 0 aliphatic rings. The minimum atomic E-state index is -3.71. The Hall–Kier alpha value is -3.39. The first-order valence-corrected chi connectivity index (χ1v) is 10.3. The molecule has 0 radical (unpaired) electrons. The van der Waals surface area contributed by atoms with E-state index in [-0.39, 0.29) is 17.8 Å². The maximum absolute atomic E-state index is 12.2. The van der Waals surface area contributed by atoms with Gasteiger partial charge in [0.1, 0.15) is 0 Å². The molecule has 2 aromatic rings. The molecule has 1 amide bonds. The van der Waals surface area contributed by atoms with Crippen molar-refractivity contribution in [3.8, 4) is 0 Å². The summed E-state index contributed by atoms with van der Waals surface area (Å²) in [6, 6.07) is 14.7. The highest BCUT2D eigenvalue weighted by atomic mass is 32.2. The maximum Gasteiger partial charge on any atom is 0.338 e. The number of ether oxygens (including phenoxy) is 1. The fourth-order valence-electron chi connectivity index (χ4n) is 2.20. The normalized spacial score (nSPS) is 12.2. The Morgan fingerprint density at radius 1 is 1.10 bits per heavy atom. The van der Waals surface area contributed by atoms with E-state index in [1.165, 1.54) is 43.3 Å². The summed E-state index contributed by atoms with van der Waals surface area (Å²) in [5.74, 6) is -1.13. The number of hydrogen-bond acceptors (Lipinski definition) is 5. The van der Waals surface area contributed by atoms with E-state index in [1.54, 1.807) is 12.1 Å². The van der Waals surface area contributed by atoms with Crippen molar-refractivity contribution >= 4 is 33.7 Å². The van der Waals surface area contributed by atoms with Gasteiger partial charge in [-0.05, 0) is 42.8 Å². The number of hydrogen-bond donors (Lipinski definition) is 2. The van der Waals surface area contributed by atoms with Gasteiger partial charge in [0.25, 0.3) is 15.9 Å². The van der Waals surface area contributed by atoms with Crippen LogP contribution in [0.3, 0.4) is 0 Å². The third kappa shape index (κ3) is 7.27. The summed E-state index contributed by atoms with van der Waals surface area (Å²) in [5.41, 5.74) is 1.23. The lowest BCUT2D eigenvalue weighted by atomic mass is 10.2. The summed E-state index contributed by atoms with van der Waals surface area (Å²) >= 11 is 0. The molecule has 1 atom stereocenters. The molecule has 0 spiro atoms. The number of nitrogens with one attached hydrogen (secondary N) is 2. The Balaban J connectivity index is 1.97. The Morgan fingerprint density at radius 2 is 1.76 bits per heavy atom. The highest BCUT2D eigenvalue weighted by Crippen LogP contribution is 2.14. The minimum Gasteiger partial charge on any atom is -0.449 e. The van der Waals surface area contributed by atoms with E-state index in [9.17, 15) is 18.0 Å². The van der Waals surface area contributed by atoms with Gasteiger partial charge in [0, 0.05) is 12.2 Å². The van der Waals surface area contributed by atoms with Crippen molar-refractivity contribution in [2.24, 2.45) is 0 Å². The lowest BCUT2D eigenvalue weighted by Gasteiger charge is -2.13. The molecule has 0 aromatic heterocycles. The van der Waals surface area contributed by atoms with E-state index in [0.717, 1.165) is 11.0 Å². The maximum atomic E-state index is 12.2. The first-order valence-electron chi connectivity index (χ1n) is 8.76. The SMILES string of the molecule is C=CCNC(=O)[C@@H](C)OC(=O)c1ccc(NS(=O)(=O)/C=C/c2ccccc2)cc1. The van der Waals surface area contributed by atoms with Crippen LogP contribution >= 0.6 is 0 Å². The molecule has 0 bridgehead atoms. The number of anilines is 1. The molecular weight excluding hydrogens is 392 g/mol. The van der Waals surface area contributed by atoms with Crippen LogP contribution in [0.2, 0.25) is 0 Å². The van der Waals surface area contributed by atoms with Crippen LogP contribution in [0.5, 0.6) is 0 Å². The van der Waals surface area contributed by atoms with Crippen molar-refractivity contribution in [3.05, 3.63) is 83.8 Å². The Labute approximate surface area is 170 Å². The van der Waals surface area contributed by atoms with Crippen LogP contribution in [0.1, 0.15) is 22.8 Å². The zero-order valence-corrected chi connectivity index (χ0v) is 16.7. The van der Waals surface area contributed by atoms with Crippen LogP contribution in [0.4, 0.5) is 5.69 Å². The van der Waals surface area contributed by atoms with Crippen molar-refractivity contribution in [2.75, 3.05) is 11.3 Å². The van der Waals surface area contributed by atoms with Gasteiger partial charge in [0.05, 0.1) is 11.0 Å². The summed E-state index contributed by atoms with van der Waals surface area (Å²) in [7, 11) is -3.71. The first kappa shape index (κ1) is 21.9. The zero-order valence-electron chi connectivity index (χ0n) is 15.9. The Kier molecular flexibility index (Phi) is 7.73. The molecule has 29 heavy (non-hydrogen) atoms. The highest BCUT2D eigenvalue weighted by Gasteiger charge is 2.18. The van der Waals surface area contributed by atoms with Gasteiger partial charge in [-0.15, -0.1) is 6.58 Å². The molecule has 0 aliphatic carbocycles. The molecule has 8 heteroatoms. The minimum absolute atomic E-state index is 0.191. The molecule has 2 aromatic carbocycles. The van der Waals surface area contributed by atoms with Crippen LogP contribution in [0, 0.1) is 0 Å². The second-order valence-electron chi connectivity index (χ2n) is 6.02. The number of benzene rings is 2. The van der Waals surface area contributed by atoms with E-state index < -0.39 is 28.0 Å². The zero-order chi connectivity index (χ0) is 21.3. The van der Waals surface area contributed by atoms with Gasteiger partial charge in [0.15, 0.2) is 6.10 Å². The van der Waals surface area contributed by atoms with Crippen molar-refractivity contribution in [1.29, 1.82) is 0 Å². The molecule has 152 valence electrons. The van der Waals surface area contributed by atoms with Gasteiger partial charge in [-0.2, -0.15) is 0 Å². The van der Waals surface area contributed by atoms with E-state index in [1.807, 2.05) is 18.2 Å². The highest BCUT2D eigenvalue weighted by molar-refractivity contribution is 7.95. The number of esters is 1.